The topological polar surface area (TPSA) is 107 Å². The van der Waals surface area contributed by atoms with Crippen molar-refractivity contribution in [2.45, 2.75) is 6.42 Å². The van der Waals surface area contributed by atoms with Crippen molar-refractivity contribution >= 4 is 34.8 Å². The van der Waals surface area contributed by atoms with Gasteiger partial charge in [-0.3, -0.25) is 19.7 Å². The number of halogens is 1. The van der Waals surface area contributed by atoms with Crippen LogP contribution in [0.25, 0.3) is 0 Å². The van der Waals surface area contributed by atoms with Gasteiger partial charge in [-0.2, -0.15) is 0 Å². The third-order valence-electron chi connectivity index (χ3n) is 2.96. The molecule has 0 saturated carbocycles. The average molecular weight is 284 g/mol. The van der Waals surface area contributed by atoms with E-state index in [4.69, 9.17) is 17.3 Å². The third kappa shape index (κ3) is 2.50. The van der Waals surface area contributed by atoms with E-state index in [2.05, 4.69) is 0 Å². The van der Waals surface area contributed by atoms with Crippen molar-refractivity contribution in [1.82, 2.24) is 0 Å². The summed E-state index contributed by atoms with van der Waals surface area (Å²) in [4.78, 5) is 34.3. The number of primary amides is 1. The van der Waals surface area contributed by atoms with Gasteiger partial charge in [0.2, 0.25) is 11.8 Å². The Kier molecular flexibility index (Phi) is 3.39. The summed E-state index contributed by atoms with van der Waals surface area (Å²) in [6, 6.07) is 3.81. The van der Waals surface area contributed by atoms with E-state index in [1.165, 1.54) is 23.1 Å². The maximum Gasteiger partial charge on any atom is 0.271 e. The summed E-state index contributed by atoms with van der Waals surface area (Å²) < 4.78 is 0. The summed E-state index contributed by atoms with van der Waals surface area (Å²) in [6.45, 7) is 0.0923. The number of nitro groups is 1. The minimum absolute atomic E-state index is 0.00560. The van der Waals surface area contributed by atoms with E-state index < -0.39 is 16.7 Å². The van der Waals surface area contributed by atoms with Crippen LogP contribution in [0.5, 0.6) is 0 Å². The zero-order valence-electron chi connectivity index (χ0n) is 9.71. The molecule has 2 rings (SSSR count). The zero-order chi connectivity index (χ0) is 14.2. The number of hydrogen-bond acceptors (Lipinski definition) is 4. The van der Waals surface area contributed by atoms with Crippen LogP contribution in [-0.4, -0.2) is 23.3 Å². The number of anilines is 1. The number of nitrogens with zero attached hydrogens (tertiary/aromatic N) is 2. The molecule has 1 aromatic rings. The number of hydrogen-bond donors (Lipinski definition) is 1. The van der Waals surface area contributed by atoms with Crippen LogP contribution in [0.15, 0.2) is 18.2 Å². The highest BCUT2D eigenvalue weighted by atomic mass is 35.5. The molecule has 1 aliphatic heterocycles. The molecule has 0 bridgehead atoms. The molecule has 1 fully saturated rings. The summed E-state index contributed by atoms with van der Waals surface area (Å²) >= 11 is 5.94. The van der Waals surface area contributed by atoms with Crippen molar-refractivity contribution in [2.24, 2.45) is 11.7 Å². The molecule has 7 nitrogen and oxygen atoms in total. The lowest BCUT2D eigenvalue weighted by atomic mass is 10.1. The van der Waals surface area contributed by atoms with Crippen LogP contribution >= 0.6 is 11.6 Å². The Morgan fingerprint density at radius 2 is 2.21 bits per heavy atom. The molecule has 1 unspecified atom stereocenters. The first-order valence-corrected chi connectivity index (χ1v) is 5.81. The maximum atomic E-state index is 11.8. The fraction of sp³-hybridized carbons (Fsp3) is 0.273. The van der Waals surface area contributed by atoms with Gasteiger partial charge in [-0.1, -0.05) is 11.6 Å². The fourth-order valence-corrected chi connectivity index (χ4v) is 2.17. The summed E-state index contributed by atoms with van der Waals surface area (Å²) in [5, 5.41) is 10.9. The molecule has 1 aromatic carbocycles. The number of nitrogens with two attached hydrogens (primary N) is 1. The highest BCUT2D eigenvalue weighted by Crippen LogP contribution is 2.33. The van der Waals surface area contributed by atoms with E-state index in [-0.39, 0.29) is 35.3 Å². The van der Waals surface area contributed by atoms with Gasteiger partial charge >= 0.3 is 0 Å². The van der Waals surface area contributed by atoms with Crippen molar-refractivity contribution in [1.29, 1.82) is 0 Å². The van der Waals surface area contributed by atoms with Crippen LogP contribution in [0.4, 0.5) is 11.4 Å². The van der Waals surface area contributed by atoms with Crippen molar-refractivity contribution < 1.29 is 14.5 Å². The molecular formula is C11H10ClN3O4. The predicted octanol–water partition coefficient (Wildman–Crippen LogP) is 1.09. The van der Waals surface area contributed by atoms with E-state index in [9.17, 15) is 19.7 Å². The normalized spacial score (nSPS) is 18.7. The molecule has 0 aliphatic carbocycles. The molecule has 1 aliphatic rings. The summed E-state index contributed by atoms with van der Waals surface area (Å²) in [6.07, 6.45) is -0.00560. The Morgan fingerprint density at radius 1 is 1.53 bits per heavy atom. The number of amides is 2. The predicted molar refractivity (Wildman–Crippen MR) is 67.8 cm³/mol. The Labute approximate surface area is 113 Å². The minimum atomic E-state index is -0.595. The van der Waals surface area contributed by atoms with Crippen LogP contribution in [-0.2, 0) is 9.59 Å². The number of rotatable bonds is 3. The summed E-state index contributed by atoms with van der Waals surface area (Å²) in [5.41, 5.74) is 5.21. The molecule has 0 radical (unpaired) electrons. The van der Waals surface area contributed by atoms with Crippen molar-refractivity contribution in [3.05, 3.63) is 33.3 Å². The first-order chi connectivity index (χ1) is 8.90. The molecule has 2 amide bonds. The van der Waals surface area contributed by atoms with Gasteiger partial charge in [-0.05, 0) is 6.07 Å². The van der Waals surface area contributed by atoms with Crippen LogP contribution in [0.1, 0.15) is 6.42 Å². The first-order valence-electron chi connectivity index (χ1n) is 5.43. The zero-order valence-corrected chi connectivity index (χ0v) is 10.5. The van der Waals surface area contributed by atoms with Crippen LogP contribution in [0, 0.1) is 16.0 Å². The molecular weight excluding hydrogens is 274 g/mol. The molecule has 100 valence electrons. The van der Waals surface area contributed by atoms with E-state index in [0.717, 1.165) is 0 Å². The average Bonchev–Trinajstić information content (AvgIpc) is 2.72. The maximum absolute atomic E-state index is 11.8. The number of nitro benzene ring substituents is 1. The SMILES string of the molecule is NC(=O)C1CC(=O)N(c2cc([N+](=O)[O-])ccc2Cl)C1. The lowest BCUT2D eigenvalue weighted by Gasteiger charge is -2.17. The summed E-state index contributed by atoms with van der Waals surface area (Å²) in [7, 11) is 0. The number of non-ortho nitro benzene ring substituents is 1. The van der Waals surface area contributed by atoms with Crippen LogP contribution < -0.4 is 10.6 Å². The monoisotopic (exact) mass is 283 g/mol. The Bertz CT molecular complexity index is 575. The Balaban J connectivity index is 2.36. The van der Waals surface area contributed by atoms with Crippen molar-refractivity contribution in [3.63, 3.8) is 0 Å². The van der Waals surface area contributed by atoms with Gasteiger partial charge in [-0.25, -0.2) is 0 Å². The fourth-order valence-electron chi connectivity index (χ4n) is 1.95. The van der Waals surface area contributed by atoms with Gasteiger partial charge in [0.15, 0.2) is 0 Å². The highest BCUT2D eigenvalue weighted by molar-refractivity contribution is 6.34. The Morgan fingerprint density at radius 3 is 2.74 bits per heavy atom. The second-order valence-electron chi connectivity index (χ2n) is 4.20. The smallest absolute Gasteiger partial charge is 0.271 e. The summed E-state index contributed by atoms with van der Waals surface area (Å²) in [5.74, 6) is -1.49. The van der Waals surface area contributed by atoms with Gasteiger partial charge < -0.3 is 10.6 Å². The van der Waals surface area contributed by atoms with E-state index >= 15 is 0 Å². The minimum Gasteiger partial charge on any atom is -0.369 e. The molecule has 1 heterocycles. The molecule has 2 N–H and O–H groups in total. The Hall–Kier alpha value is -2.15. The quantitative estimate of drug-likeness (QED) is 0.661. The van der Waals surface area contributed by atoms with Gasteiger partial charge in [-0.15, -0.1) is 0 Å². The number of carbonyl (C=O) groups is 2. The van der Waals surface area contributed by atoms with Gasteiger partial charge in [0.25, 0.3) is 5.69 Å². The van der Waals surface area contributed by atoms with Gasteiger partial charge in [0.1, 0.15) is 0 Å². The van der Waals surface area contributed by atoms with Crippen molar-refractivity contribution in [3.8, 4) is 0 Å². The standard InChI is InChI=1S/C11H10ClN3O4/c12-8-2-1-7(15(18)19)4-9(8)14-5-6(11(13)17)3-10(14)16/h1-2,4,6H,3,5H2,(H2,13,17). The van der Waals surface area contributed by atoms with Gasteiger partial charge in [0.05, 0.1) is 21.6 Å². The van der Waals surface area contributed by atoms with E-state index in [1.54, 1.807) is 0 Å². The van der Waals surface area contributed by atoms with E-state index in [1.807, 2.05) is 0 Å². The number of carbonyl (C=O) groups excluding carboxylic acids is 2. The first kappa shape index (κ1) is 13.3. The lowest BCUT2D eigenvalue weighted by Crippen LogP contribution is -2.28. The molecule has 1 atom stereocenters. The second kappa shape index (κ2) is 4.85. The largest absolute Gasteiger partial charge is 0.369 e. The van der Waals surface area contributed by atoms with Crippen molar-refractivity contribution in [2.75, 3.05) is 11.4 Å². The molecule has 8 heteroatoms. The van der Waals surface area contributed by atoms with E-state index in [0.29, 0.717) is 0 Å². The van der Waals surface area contributed by atoms with Crippen LogP contribution in [0.2, 0.25) is 5.02 Å². The van der Waals surface area contributed by atoms with Gasteiger partial charge in [0, 0.05) is 25.1 Å². The molecule has 1 saturated heterocycles. The molecule has 0 aromatic heterocycles. The lowest BCUT2D eigenvalue weighted by molar-refractivity contribution is -0.384. The number of benzene rings is 1. The second-order valence-corrected chi connectivity index (χ2v) is 4.61. The molecule has 19 heavy (non-hydrogen) atoms. The highest BCUT2D eigenvalue weighted by Gasteiger charge is 2.35. The third-order valence-corrected chi connectivity index (χ3v) is 3.28. The molecule has 0 spiro atoms. The van der Waals surface area contributed by atoms with Crippen LogP contribution in [0.3, 0.4) is 0 Å².